The molecule has 5 N–H and O–H groups in total. The van der Waals surface area contributed by atoms with Gasteiger partial charge in [-0.1, -0.05) is 44.2 Å². The van der Waals surface area contributed by atoms with E-state index in [0.29, 0.717) is 25.0 Å². The predicted molar refractivity (Wildman–Crippen MR) is 94.0 cm³/mol. The Morgan fingerprint density at radius 3 is 2.32 bits per heavy atom. The standard InChI is InChI=1S/C18H33N3O/c1-4-14(3)20-12-16(5-2)21-13-18(22)17(19)11-15-9-7-6-8-10-15/h6-10,14,16-18,20-22H,4-5,11-13,19H2,1-3H3/t14-,16-,17-,18+/m0/s1. The first-order chi connectivity index (χ1) is 10.6. The SMILES string of the molecule is CC[C@@H](CN[C@@H](C)CC)NC[C@@H](O)[C@@H](N)Cc1ccccc1. The van der Waals surface area contributed by atoms with Crippen molar-refractivity contribution < 1.29 is 5.11 Å². The summed E-state index contributed by atoms with van der Waals surface area (Å²) in [7, 11) is 0. The van der Waals surface area contributed by atoms with Gasteiger partial charge in [0.25, 0.3) is 0 Å². The molecule has 126 valence electrons. The molecule has 1 aromatic rings. The highest BCUT2D eigenvalue weighted by Crippen LogP contribution is 2.04. The Kier molecular flexibility index (Phi) is 9.32. The number of aliphatic hydroxyl groups is 1. The van der Waals surface area contributed by atoms with Gasteiger partial charge in [0, 0.05) is 31.2 Å². The van der Waals surface area contributed by atoms with Crippen molar-refractivity contribution in [1.29, 1.82) is 0 Å². The molecule has 0 radical (unpaired) electrons. The molecule has 0 aliphatic rings. The molecule has 4 atom stereocenters. The number of benzene rings is 1. The summed E-state index contributed by atoms with van der Waals surface area (Å²) >= 11 is 0. The van der Waals surface area contributed by atoms with Gasteiger partial charge in [-0.05, 0) is 31.7 Å². The average Bonchev–Trinajstić information content (AvgIpc) is 2.55. The predicted octanol–water partition coefficient (Wildman–Crippen LogP) is 1.67. The molecule has 0 heterocycles. The van der Waals surface area contributed by atoms with E-state index in [-0.39, 0.29) is 6.04 Å². The van der Waals surface area contributed by atoms with Crippen molar-refractivity contribution in [3.63, 3.8) is 0 Å². The second kappa shape index (κ2) is 10.7. The number of aliphatic hydroxyl groups excluding tert-OH is 1. The molecule has 0 fully saturated rings. The number of nitrogens with one attached hydrogen (secondary N) is 2. The molecule has 0 aliphatic carbocycles. The monoisotopic (exact) mass is 307 g/mol. The normalized spacial score (nSPS) is 17.0. The molecule has 1 rings (SSSR count). The van der Waals surface area contributed by atoms with Crippen molar-refractivity contribution in [2.45, 2.75) is 64.3 Å². The number of hydrogen-bond donors (Lipinski definition) is 4. The molecular formula is C18H33N3O. The lowest BCUT2D eigenvalue weighted by molar-refractivity contribution is 0.137. The zero-order valence-corrected chi connectivity index (χ0v) is 14.3. The zero-order valence-electron chi connectivity index (χ0n) is 14.3. The van der Waals surface area contributed by atoms with Gasteiger partial charge in [-0.3, -0.25) is 0 Å². The Morgan fingerprint density at radius 1 is 1.05 bits per heavy atom. The van der Waals surface area contributed by atoms with E-state index in [1.807, 2.05) is 30.3 Å². The molecule has 0 saturated carbocycles. The fraction of sp³-hybridized carbons (Fsp3) is 0.667. The maximum absolute atomic E-state index is 10.2. The third kappa shape index (κ3) is 7.36. The van der Waals surface area contributed by atoms with Gasteiger partial charge in [0.1, 0.15) is 0 Å². The van der Waals surface area contributed by atoms with E-state index in [1.165, 1.54) is 5.56 Å². The summed E-state index contributed by atoms with van der Waals surface area (Å²) in [5.74, 6) is 0. The molecule has 1 aromatic carbocycles. The van der Waals surface area contributed by atoms with Crippen LogP contribution in [0.1, 0.15) is 39.2 Å². The molecule has 0 bridgehead atoms. The fourth-order valence-corrected chi connectivity index (χ4v) is 2.31. The van der Waals surface area contributed by atoms with Crippen molar-refractivity contribution >= 4 is 0 Å². The molecule has 0 aliphatic heterocycles. The average molecular weight is 307 g/mol. The Balaban J connectivity index is 2.31. The molecule has 4 heteroatoms. The minimum Gasteiger partial charge on any atom is -0.390 e. The first kappa shape index (κ1) is 19.1. The smallest absolute Gasteiger partial charge is 0.0818 e. The van der Waals surface area contributed by atoms with Crippen LogP contribution in [0.15, 0.2) is 30.3 Å². The van der Waals surface area contributed by atoms with Gasteiger partial charge in [-0.25, -0.2) is 0 Å². The summed E-state index contributed by atoms with van der Waals surface area (Å²) in [6, 6.07) is 10.7. The third-order valence-electron chi connectivity index (χ3n) is 4.24. The van der Waals surface area contributed by atoms with Crippen molar-refractivity contribution in [2.75, 3.05) is 13.1 Å². The maximum atomic E-state index is 10.2. The molecule has 22 heavy (non-hydrogen) atoms. The Hall–Kier alpha value is -0.940. The van der Waals surface area contributed by atoms with Gasteiger partial charge in [-0.2, -0.15) is 0 Å². The van der Waals surface area contributed by atoms with E-state index in [9.17, 15) is 5.11 Å². The van der Waals surface area contributed by atoms with Crippen LogP contribution in [0, 0.1) is 0 Å². The van der Waals surface area contributed by atoms with Crippen molar-refractivity contribution in [3.05, 3.63) is 35.9 Å². The lowest BCUT2D eigenvalue weighted by Crippen LogP contribution is -2.48. The van der Waals surface area contributed by atoms with E-state index in [0.717, 1.165) is 19.4 Å². The molecule has 4 nitrogen and oxygen atoms in total. The largest absolute Gasteiger partial charge is 0.390 e. The van der Waals surface area contributed by atoms with E-state index in [4.69, 9.17) is 5.73 Å². The lowest BCUT2D eigenvalue weighted by atomic mass is 10.0. The number of nitrogens with two attached hydrogens (primary N) is 1. The molecule has 0 spiro atoms. The molecule has 0 aromatic heterocycles. The van der Waals surface area contributed by atoms with Crippen LogP contribution in [0.5, 0.6) is 0 Å². The van der Waals surface area contributed by atoms with Crippen LogP contribution in [0.4, 0.5) is 0 Å². The highest BCUT2D eigenvalue weighted by Gasteiger charge is 2.17. The van der Waals surface area contributed by atoms with Gasteiger partial charge in [0.2, 0.25) is 0 Å². The quantitative estimate of drug-likeness (QED) is 0.502. The van der Waals surface area contributed by atoms with Crippen LogP contribution in [0.3, 0.4) is 0 Å². The van der Waals surface area contributed by atoms with Crippen molar-refractivity contribution in [3.8, 4) is 0 Å². The summed E-state index contributed by atoms with van der Waals surface area (Å²) in [5, 5.41) is 17.2. The summed E-state index contributed by atoms with van der Waals surface area (Å²) in [6.07, 6.45) is 2.33. The lowest BCUT2D eigenvalue weighted by Gasteiger charge is -2.24. The first-order valence-corrected chi connectivity index (χ1v) is 8.51. The van der Waals surface area contributed by atoms with E-state index in [1.54, 1.807) is 0 Å². The van der Waals surface area contributed by atoms with Gasteiger partial charge < -0.3 is 21.5 Å². The first-order valence-electron chi connectivity index (χ1n) is 8.51. The van der Waals surface area contributed by atoms with Gasteiger partial charge in [0.15, 0.2) is 0 Å². The van der Waals surface area contributed by atoms with Gasteiger partial charge >= 0.3 is 0 Å². The van der Waals surface area contributed by atoms with Crippen LogP contribution in [0.25, 0.3) is 0 Å². The Labute approximate surface area is 135 Å². The van der Waals surface area contributed by atoms with Crippen LogP contribution < -0.4 is 16.4 Å². The van der Waals surface area contributed by atoms with Crippen molar-refractivity contribution in [1.82, 2.24) is 10.6 Å². The topological polar surface area (TPSA) is 70.3 Å². The van der Waals surface area contributed by atoms with E-state index >= 15 is 0 Å². The summed E-state index contributed by atoms with van der Waals surface area (Å²) in [4.78, 5) is 0. The van der Waals surface area contributed by atoms with Gasteiger partial charge in [0.05, 0.1) is 6.10 Å². The second-order valence-corrected chi connectivity index (χ2v) is 6.15. The van der Waals surface area contributed by atoms with Gasteiger partial charge in [-0.15, -0.1) is 0 Å². The highest BCUT2D eigenvalue weighted by molar-refractivity contribution is 5.16. The minimum absolute atomic E-state index is 0.241. The van der Waals surface area contributed by atoms with E-state index < -0.39 is 6.10 Å². The number of hydrogen-bond acceptors (Lipinski definition) is 4. The van der Waals surface area contributed by atoms with Crippen molar-refractivity contribution in [2.24, 2.45) is 5.73 Å². The van der Waals surface area contributed by atoms with Crippen LogP contribution >= 0.6 is 0 Å². The summed E-state index contributed by atoms with van der Waals surface area (Å²) in [6.45, 7) is 7.99. The van der Waals surface area contributed by atoms with E-state index in [2.05, 4.69) is 31.4 Å². The molecule has 0 unspecified atom stereocenters. The van der Waals surface area contributed by atoms with Crippen LogP contribution in [-0.4, -0.2) is 42.4 Å². The van der Waals surface area contributed by atoms with Crippen LogP contribution in [0.2, 0.25) is 0 Å². The van der Waals surface area contributed by atoms with Crippen LogP contribution in [-0.2, 0) is 6.42 Å². The summed E-state index contributed by atoms with van der Waals surface area (Å²) < 4.78 is 0. The zero-order chi connectivity index (χ0) is 16.4. The Morgan fingerprint density at radius 2 is 1.73 bits per heavy atom. The highest BCUT2D eigenvalue weighted by atomic mass is 16.3. The molecular weight excluding hydrogens is 274 g/mol. The number of rotatable bonds is 11. The second-order valence-electron chi connectivity index (χ2n) is 6.15. The molecule has 0 amide bonds. The molecule has 0 saturated heterocycles. The fourth-order valence-electron chi connectivity index (χ4n) is 2.31. The maximum Gasteiger partial charge on any atom is 0.0818 e. The Bertz CT molecular complexity index is 385. The minimum atomic E-state index is -0.530. The summed E-state index contributed by atoms with van der Waals surface area (Å²) in [5.41, 5.74) is 7.28. The third-order valence-corrected chi connectivity index (χ3v) is 4.24.